The Morgan fingerprint density at radius 3 is 2.12 bits per heavy atom. The van der Waals surface area contributed by atoms with E-state index in [1.165, 1.54) is 0 Å². The smallest absolute Gasteiger partial charge is 0.276 e. The fourth-order valence-corrected chi connectivity index (χ4v) is 9.35. The molecule has 1 N–H and O–H groups in total. The molecule has 3 nitrogen and oxygen atoms in total. The first-order chi connectivity index (χ1) is 11.7. The number of rotatable bonds is 7. The Labute approximate surface area is 157 Å². The van der Waals surface area contributed by atoms with Crippen molar-refractivity contribution in [2.45, 2.75) is 64.3 Å². The highest BCUT2D eigenvalue weighted by atomic mass is 35.5. The summed E-state index contributed by atoms with van der Waals surface area (Å²) in [4.78, 5) is 0. The lowest BCUT2D eigenvalue weighted by Gasteiger charge is -2.41. The van der Waals surface area contributed by atoms with Gasteiger partial charge in [-0.15, -0.1) is 0 Å². The first-order valence-electron chi connectivity index (χ1n) is 8.90. The quantitative estimate of drug-likeness (QED) is 0.552. The highest BCUT2D eigenvalue weighted by Crippen LogP contribution is 2.44. The van der Waals surface area contributed by atoms with Crippen LogP contribution in [0, 0.1) is 0 Å². The van der Waals surface area contributed by atoms with E-state index in [2.05, 4.69) is 41.5 Å². The van der Waals surface area contributed by atoms with E-state index in [9.17, 15) is 5.11 Å². The van der Waals surface area contributed by atoms with E-state index in [0.717, 1.165) is 5.56 Å². The molecule has 0 spiro atoms. The molecular weight excluding hydrogens is 352 g/mol. The number of aliphatic hydroxyl groups excluding tert-OH is 1. The van der Waals surface area contributed by atoms with Crippen LogP contribution in [0.25, 0.3) is 0 Å². The zero-order valence-corrected chi connectivity index (χ0v) is 17.7. The zero-order valence-electron chi connectivity index (χ0n) is 15.9. The summed E-state index contributed by atoms with van der Waals surface area (Å²) in [5.41, 5.74) is 2.65. The van der Waals surface area contributed by atoms with E-state index in [0.29, 0.717) is 33.2 Å². The van der Waals surface area contributed by atoms with Gasteiger partial charge in [0.1, 0.15) is 6.10 Å². The summed E-state index contributed by atoms with van der Waals surface area (Å²) in [6, 6.07) is 9.02. The lowest BCUT2D eigenvalue weighted by Crippen LogP contribution is -2.50. The van der Waals surface area contributed by atoms with Gasteiger partial charge in [0.05, 0.1) is 11.8 Å². The van der Waals surface area contributed by atoms with Crippen molar-refractivity contribution < 1.29 is 13.9 Å². The second-order valence-corrected chi connectivity index (χ2v) is 13.4. The second-order valence-electron chi connectivity index (χ2n) is 7.54. The third-order valence-corrected chi connectivity index (χ3v) is 11.3. The average molecular weight is 381 g/mol. The minimum Gasteiger partial charge on any atom is -0.518 e. The van der Waals surface area contributed by atoms with Crippen LogP contribution >= 0.6 is 11.6 Å². The summed E-state index contributed by atoms with van der Waals surface area (Å²) in [5.74, 6) is 0.440. The van der Waals surface area contributed by atoms with E-state index in [4.69, 9.17) is 20.4 Å². The summed E-state index contributed by atoms with van der Waals surface area (Å²) < 4.78 is 12.3. The van der Waals surface area contributed by atoms with E-state index in [1.807, 2.05) is 12.1 Å². The van der Waals surface area contributed by atoms with Crippen molar-refractivity contribution >= 4 is 19.9 Å². The van der Waals surface area contributed by atoms with Crippen LogP contribution in [0.3, 0.4) is 0 Å². The molecule has 1 atom stereocenters. The molecule has 25 heavy (non-hydrogen) atoms. The Hall–Kier alpha value is -1.23. The molecule has 0 saturated carbocycles. The Morgan fingerprint density at radius 1 is 1.00 bits per heavy atom. The van der Waals surface area contributed by atoms with Gasteiger partial charge in [0.2, 0.25) is 0 Å². The molecule has 0 bridgehead atoms. The highest BCUT2D eigenvalue weighted by molar-refractivity contribution is 6.78. The standard InChI is InChI=1S/C20H29ClO3Si/c1-13(2)25(14(3)4,15(5)6)24-20-18(10-11-23-20)19(22)16-8-7-9-17(21)12-16/h7-15,19,22H,1-6H3. The molecule has 1 heterocycles. The van der Waals surface area contributed by atoms with Gasteiger partial charge in [0.25, 0.3) is 14.3 Å². The predicted octanol–water partition coefficient (Wildman–Crippen LogP) is 6.57. The number of aliphatic hydroxyl groups is 1. The van der Waals surface area contributed by atoms with Gasteiger partial charge in [0, 0.05) is 5.02 Å². The van der Waals surface area contributed by atoms with Gasteiger partial charge in [-0.3, -0.25) is 0 Å². The second kappa shape index (κ2) is 7.98. The highest BCUT2D eigenvalue weighted by Gasteiger charge is 2.48. The predicted molar refractivity (Wildman–Crippen MR) is 106 cm³/mol. The molecule has 1 unspecified atom stereocenters. The molecule has 0 amide bonds. The van der Waals surface area contributed by atoms with Gasteiger partial charge in [-0.2, -0.15) is 0 Å². The zero-order chi connectivity index (χ0) is 18.8. The Bertz CT molecular complexity index is 672. The van der Waals surface area contributed by atoms with E-state index in [-0.39, 0.29) is 0 Å². The van der Waals surface area contributed by atoms with Gasteiger partial charge in [-0.05, 0) is 40.4 Å². The van der Waals surface area contributed by atoms with Gasteiger partial charge in [-0.25, -0.2) is 0 Å². The topological polar surface area (TPSA) is 42.6 Å². The van der Waals surface area contributed by atoms with Gasteiger partial charge in [0.15, 0.2) is 0 Å². The SMILES string of the molecule is CC(C)[Si](Oc1occc1C(O)c1cccc(Cl)c1)(C(C)C)C(C)C. The Kier molecular flexibility index (Phi) is 6.41. The lowest BCUT2D eigenvalue weighted by molar-refractivity contribution is 0.212. The summed E-state index contributed by atoms with van der Waals surface area (Å²) in [6.45, 7) is 13.3. The molecule has 0 saturated heterocycles. The van der Waals surface area contributed by atoms with Crippen LogP contribution in [0.2, 0.25) is 21.6 Å². The van der Waals surface area contributed by atoms with Crippen molar-refractivity contribution in [1.82, 2.24) is 0 Å². The first kappa shape index (κ1) is 20.1. The maximum absolute atomic E-state index is 10.8. The summed E-state index contributed by atoms with van der Waals surface area (Å²) in [5, 5.41) is 11.4. The first-order valence-corrected chi connectivity index (χ1v) is 11.4. The minimum atomic E-state index is -2.15. The monoisotopic (exact) mass is 380 g/mol. The van der Waals surface area contributed by atoms with Crippen molar-refractivity contribution in [2.24, 2.45) is 0 Å². The average Bonchev–Trinajstić information content (AvgIpc) is 2.98. The summed E-state index contributed by atoms with van der Waals surface area (Å²) in [7, 11) is -2.15. The van der Waals surface area contributed by atoms with Gasteiger partial charge in [-0.1, -0.05) is 65.3 Å². The van der Waals surface area contributed by atoms with Crippen molar-refractivity contribution in [1.29, 1.82) is 0 Å². The van der Waals surface area contributed by atoms with Crippen LogP contribution in [0.15, 0.2) is 41.0 Å². The molecule has 5 heteroatoms. The molecule has 138 valence electrons. The fourth-order valence-electron chi connectivity index (χ4n) is 3.96. The molecule has 2 aromatic rings. The molecular formula is C20H29ClO3Si. The Morgan fingerprint density at radius 2 is 1.60 bits per heavy atom. The fraction of sp³-hybridized carbons (Fsp3) is 0.500. The van der Waals surface area contributed by atoms with Crippen molar-refractivity contribution in [3.8, 4) is 5.95 Å². The maximum atomic E-state index is 10.8. The summed E-state index contributed by atoms with van der Waals surface area (Å²) in [6.07, 6.45) is 0.754. The molecule has 0 radical (unpaired) electrons. The number of hydrogen-bond donors (Lipinski definition) is 1. The summed E-state index contributed by atoms with van der Waals surface area (Å²) >= 11 is 6.06. The number of furan rings is 1. The number of hydrogen-bond acceptors (Lipinski definition) is 3. The third kappa shape index (κ3) is 3.96. The van der Waals surface area contributed by atoms with Crippen LogP contribution < -0.4 is 4.43 Å². The van der Waals surface area contributed by atoms with Crippen LogP contribution in [-0.4, -0.2) is 13.4 Å². The minimum absolute atomic E-state index is 0.425. The molecule has 2 rings (SSSR count). The number of benzene rings is 1. The van der Waals surface area contributed by atoms with Crippen LogP contribution in [0.5, 0.6) is 5.95 Å². The number of halogens is 1. The largest absolute Gasteiger partial charge is 0.518 e. The van der Waals surface area contributed by atoms with E-state index >= 15 is 0 Å². The van der Waals surface area contributed by atoms with E-state index < -0.39 is 14.4 Å². The molecule has 0 aliphatic carbocycles. The molecule has 0 aliphatic heterocycles. The molecule has 0 fully saturated rings. The Balaban J connectivity index is 2.41. The lowest BCUT2D eigenvalue weighted by atomic mass is 10.0. The van der Waals surface area contributed by atoms with E-state index in [1.54, 1.807) is 24.5 Å². The van der Waals surface area contributed by atoms with Crippen LogP contribution in [0.4, 0.5) is 0 Å². The van der Waals surface area contributed by atoms with Crippen molar-refractivity contribution in [3.63, 3.8) is 0 Å². The van der Waals surface area contributed by atoms with Crippen LogP contribution in [0.1, 0.15) is 58.8 Å². The van der Waals surface area contributed by atoms with Crippen molar-refractivity contribution in [3.05, 3.63) is 52.7 Å². The van der Waals surface area contributed by atoms with Crippen molar-refractivity contribution in [2.75, 3.05) is 0 Å². The molecule has 1 aromatic heterocycles. The maximum Gasteiger partial charge on any atom is 0.276 e. The van der Waals surface area contributed by atoms with Gasteiger partial charge >= 0.3 is 0 Å². The van der Waals surface area contributed by atoms with Crippen LogP contribution in [-0.2, 0) is 0 Å². The van der Waals surface area contributed by atoms with Gasteiger partial charge < -0.3 is 13.9 Å². The third-order valence-electron chi connectivity index (χ3n) is 5.09. The molecule has 0 aliphatic rings. The normalized spacial score (nSPS) is 13.7. The molecule has 1 aromatic carbocycles.